The summed E-state index contributed by atoms with van der Waals surface area (Å²) >= 11 is 0. The van der Waals surface area contributed by atoms with Crippen molar-refractivity contribution in [1.82, 2.24) is 15.5 Å². The minimum atomic E-state index is -4.81. The van der Waals surface area contributed by atoms with E-state index in [0.29, 0.717) is 39.0 Å². The van der Waals surface area contributed by atoms with Crippen LogP contribution in [0.1, 0.15) is 59.0 Å². The van der Waals surface area contributed by atoms with E-state index in [1.165, 1.54) is 6.92 Å². The molecule has 0 bridgehead atoms. The molecule has 2 fully saturated rings. The van der Waals surface area contributed by atoms with Crippen molar-refractivity contribution in [3.63, 3.8) is 0 Å². The second-order valence-corrected chi connectivity index (χ2v) is 9.19. The standard InChI is InChI=1S/C25H30F3N3O4/c1-16-15-19(21(35-16)25(26,27)28)22(32)30-24(9-11-29-12-10-24)23(33)31-13-7-17(8-14-31)18-5-3-4-6-20(18)34-2/h3-6,15,17,29H,7-14H2,1-2H3,(H,30,32). The zero-order valence-electron chi connectivity index (χ0n) is 19.8. The quantitative estimate of drug-likeness (QED) is 0.661. The highest BCUT2D eigenvalue weighted by Crippen LogP contribution is 2.36. The Morgan fingerprint density at radius 3 is 2.46 bits per heavy atom. The number of piperidine rings is 2. The van der Waals surface area contributed by atoms with Gasteiger partial charge < -0.3 is 24.7 Å². The number of rotatable bonds is 5. The molecule has 7 nitrogen and oxygen atoms in total. The number of para-hydroxylation sites is 1. The number of benzene rings is 1. The predicted molar refractivity (Wildman–Crippen MR) is 122 cm³/mol. The van der Waals surface area contributed by atoms with Crippen LogP contribution < -0.4 is 15.4 Å². The van der Waals surface area contributed by atoms with Crippen LogP contribution in [0.5, 0.6) is 5.75 Å². The molecular weight excluding hydrogens is 463 g/mol. The molecule has 2 aliphatic rings. The van der Waals surface area contributed by atoms with Crippen molar-refractivity contribution >= 4 is 11.8 Å². The molecule has 2 saturated heterocycles. The summed E-state index contributed by atoms with van der Waals surface area (Å²) in [6, 6.07) is 8.88. The highest BCUT2D eigenvalue weighted by Gasteiger charge is 2.46. The van der Waals surface area contributed by atoms with Gasteiger partial charge in [0.1, 0.15) is 17.0 Å². The fraction of sp³-hybridized carbons (Fsp3) is 0.520. The van der Waals surface area contributed by atoms with Crippen molar-refractivity contribution in [1.29, 1.82) is 0 Å². The number of halogens is 3. The SMILES string of the molecule is COc1ccccc1C1CCN(C(=O)C2(NC(=O)c3cc(C)oc3C(F)(F)F)CCNCC2)CC1. The number of nitrogens with zero attached hydrogens (tertiary/aromatic N) is 1. The zero-order chi connectivity index (χ0) is 25.2. The Kier molecular flexibility index (Phi) is 7.12. The monoisotopic (exact) mass is 493 g/mol. The number of aryl methyl sites for hydroxylation is 1. The van der Waals surface area contributed by atoms with Gasteiger partial charge in [-0.3, -0.25) is 9.59 Å². The van der Waals surface area contributed by atoms with E-state index in [-0.39, 0.29) is 17.6 Å². The number of hydrogen-bond donors (Lipinski definition) is 2. The van der Waals surface area contributed by atoms with Gasteiger partial charge in [0, 0.05) is 13.1 Å². The van der Waals surface area contributed by atoms with Crippen LogP contribution in [-0.2, 0) is 11.0 Å². The number of furan rings is 1. The van der Waals surface area contributed by atoms with E-state index in [4.69, 9.17) is 9.15 Å². The van der Waals surface area contributed by atoms with Gasteiger partial charge in [0.05, 0.1) is 12.7 Å². The maximum atomic E-state index is 13.7. The third-order valence-electron chi connectivity index (χ3n) is 6.94. The van der Waals surface area contributed by atoms with Crippen molar-refractivity contribution in [2.75, 3.05) is 33.3 Å². The van der Waals surface area contributed by atoms with Gasteiger partial charge in [-0.2, -0.15) is 13.2 Å². The number of carbonyl (C=O) groups excluding carboxylic acids is 2. The van der Waals surface area contributed by atoms with E-state index in [1.54, 1.807) is 12.0 Å². The number of methoxy groups -OCH3 is 1. The molecule has 0 atom stereocenters. The van der Waals surface area contributed by atoms with Crippen LogP contribution in [-0.4, -0.2) is 55.5 Å². The van der Waals surface area contributed by atoms with Gasteiger partial charge in [-0.1, -0.05) is 18.2 Å². The highest BCUT2D eigenvalue weighted by molar-refractivity contribution is 6.00. The van der Waals surface area contributed by atoms with Crippen LogP contribution in [0.4, 0.5) is 13.2 Å². The molecule has 10 heteroatoms. The Labute approximate surface area is 202 Å². The van der Waals surface area contributed by atoms with Crippen LogP contribution in [0, 0.1) is 6.92 Å². The Balaban J connectivity index is 1.51. The van der Waals surface area contributed by atoms with Gasteiger partial charge in [-0.25, -0.2) is 0 Å². The van der Waals surface area contributed by atoms with Crippen LogP contribution in [0.2, 0.25) is 0 Å². The van der Waals surface area contributed by atoms with E-state index in [1.807, 2.05) is 24.3 Å². The van der Waals surface area contributed by atoms with Gasteiger partial charge in [-0.05, 0) is 69.3 Å². The van der Waals surface area contributed by atoms with Gasteiger partial charge in [0.15, 0.2) is 0 Å². The first-order chi connectivity index (χ1) is 16.6. The van der Waals surface area contributed by atoms with Crippen molar-refractivity contribution < 1.29 is 31.9 Å². The summed E-state index contributed by atoms with van der Waals surface area (Å²) in [4.78, 5) is 28.5. The number of alkyl halides is 3. The molecule has 0 radical (unpaired) electrons. The summed E-state index contributed by atoms with van der Waals surface area (Å²) in [5.41, 5.74) is -0.772. The molecule has 2 aliphatic heterocycles. The third kappa shape index (κ3) is 5.17. The molecule has 2 N–H and O–H groups in total. The van der Waals surface area contributed by atoms with Crippen molar-refractivity contribution in [3.05, 3.63) is 53.0 Å². The second kappa shape index (κ2) is 9.93. The molecule has 3 heterocycles. The van der Waals surface area contributed by atoms with Gasteiger partial charge >= 0.3 is 6.18 Å². The van der Waals surface area contributed by atoms with Crippen molar-refractivity contribution in [2.24, 2.45) is 0 Å². The van der Waals surface area contributed by atoms with Crippen molar-refractivity contribution in [3.8, 4) is 5.75 Å². The van der Waals surface area contributed by atoms with Gasteiger partial charge in [0.2, 0.25) is 11.7 Å². The van der Waals surface area contributed by atoms with Crippen LogP contribution >= 0.6 is 0 Å². The van der Waals surface area contributed by atoms with E-state index < -0.39 is 28.9 Å². The second-order valence-electron chi connectivity index (χ2n) is 9.19. The molecule has 0 unspecified atom stereocenters. The van der Waals surface area contributed by atoms with E-state index in [0.717, 1.165) is 30.2 Å². The highest BCUT2D eigenvalue weighted by atomic mass is 19.4. The van der Waals surface area contributed by atoms with Crippen LogP contribution in [0.3, 0.4) is 0 Å². The number of ether oxygens (including phenoxy) is 1. The molecule has 2 amide bonds. The van der Waals surface area contributed by atoms with E-state index in [9.17, 15) is 22.8 Å². The predicted octanol–water partition coefficient (Wildman–Crippen LogP) is 3.87. The lowest BCUT2D eigenvalue weighted by Gasteiger charge is -2.42. The maximum absolute atomic E-state index is 13.7. The van der Waals surface area contributed by atoms with Gasteiger partial charge in [0.25, 0.3) is 5.91 Å². The van der Waals surface area contributed by atoms with Gasteiger partial charge in [-0.15, -0.1) is 0 Å². The topological polar surface area (TPSA) is 83.8 Å². The summed E-state index contributed by atoms with van der Waals surface area (Å²) in [6.45, 7) is 3.28. The fourth-order valence-corrected chi connectivity index (χ4v) is 5.12. The lowest BCUT2D eigenvalue weighted by molar-refractivity contribution is -0.153. The first kappa shape index (κ1) is 25.1. The van der Waals surface area contributed by atoms with E-state index in [2.05, 4.69) is 10.6 Å². The molecule has 1 aromatic heterocycles. The summed E-state index contributed by atoms with van der Waals surface area (Å²) in [7, 11) is 1.63. The molecule has 1 aromatic carbocycles. The van der Waals surface area contributed by atoms with Crippen LogP contribution in [0.15, 0.2) is 34.7 Å². The molecule has 0 spiro atoms. The van der Waals surface area contributed by atoms with Crippen molar-refractivity contribution in [2.45, 2.75) is 50.2 Å². The summed E-state index contributed by atoms with van der Waals surface area (Å²) in [6.07, 6.45) is -2.77. The average molecular weight is 494 g/mol. The number of nitrogens with one attached hydrogen (secondary N) is 2. The Morgan fingerprint density at radius 2 is 1.83 bits per heavy atom. The first-order valence-corrected chi connectivity index (χ1v) is 11.8. The normalized spacial score (nSPS) is 18.8. The first-order valence-electron chi connectivity index (χ1n) is 11.8. The molecule has 35 heavy (non-hydrogen) atoms. The summed E-state index contributed by atoms with van der Waals surface area (Å²) in [5, 5.41) is 5.84. The average Bonchev–Trinajstić information content (AvgIpc) is 3.27. The maximum Gasteiger partial charge on any atom is 0.450 e. The molecule has 4 rings (SSSR count). The molecule has 2 aromatic rings. The van der Waals surface area contributed by atoms with E-state index >= 15 is 0 Å². The number of carbonyl (C=O) groups is 2. The lowest BCUT2D eigenvalue weighted by atomic mass is 9.84. The Morgan fingerprint density at radius 1 is 1.17 bits per heavy atom. The smallest absolute Gasteiger partial charge is 0.450 e. The summed E-state index contributed by atoms with van der Waals surface area (Å²) in [5.74, 6) is -1.52. The molecular formula is C25H30F3N3O4. The lowest BCUT2D eigenvalue weighted by Crippen LogP contribution is -2.64. The third-order valence-corrected chi connectivity index (χ3v) is 6.94. The molecule has 0 saturated carbocycles. The Hall–Kier alpha value is -3.01. The number of amides is 2. The zero-order valence-corrected chi connectivity index (χ0v) is 19.8. The minimum absolute atomic E-state index is 0.0217. The number of likely N-dealkylation sites (tertiary alicyclic amines) is 1. The number of hydrogen-bond acceptors (Lipinski definition) is 5. The fourth-order valence-electron chi connectivity index (χ4n) is 5.12. The molecule has 0 aliphatic carbocycles. The minimum Gasteiger partial charge on any atom is -0.496 e. The Bertz CT molecular complexity index is 1070. The summed E-state index contributed by atoms with van der Waals surface area (Å²) < 4.78 is 50.5. The van der Waals surface area contributed by atoms with Crippen LogP contribution in [0.25, 0.3) is 0 Å². The molecule has 190 valence electrons. The largest absolute Gasteiger partial charge is 0.496 e.